The molecule has 1 N–H and O–H groups in total. The second-order valence-corrected chi connectivity index (χ2v) is 6.48. The number of hydrogen-bond acceptors (Lipinski definition) is 4. The van der Waals surface area contributed by atoms with Gasteiger partial charge in [0.2, 0.25) is 6.79 Å². The molecule has 0 aromatic heterocycles. The number of aryl methyl sites for hydroxylation is 1. The summed E-state index contributed by atoms with van der Waals surface area (Å²) in [6, 6.07) is 8.56. The number of ether oxygens (including phenoxy) is 3. The van der Waals surface area contributed by atoms with Crippen LogP contribution in [-0.4, -0.2) is 18.8 Å². The summed E-state index contributed by atoms with van der Waals surface area (Å²) in [4.78, 5) is 12.5. The highest BCUT2D eigenvalue weighted by Crippen LogP contribution is 2.41. The molecule has 0 radical (unpaired) electrons. The largest absolute Gasteiger partial charge is 0.480 e. The Kier molecular flexibility index (Phi) is 3.90. The van der Waals surface area contributed by atoms with Crippen molar-refractivity contribution in [1.82, 2.24) is 0 Å². The van der Waals surface area contributed by atoms with Gasteiger partial charge < -0.3 is 19.5 Å². The molecule has 0 aliphatic carbocycles. The highest BCUT2D eigenvalue weighted by molar-refractivity contribution is 6.35. The van der Waals surface area contributed by atoms with E-state index in [0.29, 0.717) is 39.4 Å². The van der Waals surface area contributed by atoms with Crippen LogP contribution >= 0.6 is 23.2 Å². The van der Waals surface area contributed by atoms with E-state index >= 15 is 0 Å². The van der Waals surface area contributed by atoms with Crippen molar-refractivity contribution in [3.8, 4) is 17.2 Å². The summed E-state index contributed by atoms with van der Waals surface area (Å²) in [5.41, 5.74) is 1.55. The molecule has 0 fully saturated rings. The standard InChI is InChI=1S/C17H13Cl2NO4/c18-10-4-11(19)6-12(5-10)20-17(21)13-2-1-9-3-15-16(23-8-22-15)7-14(9)24-13/h3-7,13H,1-2,8H2,(H,20,21). The van der Waals surface area contributed by atoms with Crippen molar-refractivity contribution in [2.24, 2.45) is 0 Å². The van der Waals surface area contributed by atoms with Gasteiger partial charge in [0.25, 0.3) is 5.91 Å². The van der Waals surface area contributed by atoms with Crippen LogP contribution in [0.3, 0.4) is 0 Å². The zero-order chi connectivity index (χ0) is 16.7. The van der Waals surface area contributed by atoms with Gasteiger partial charge in [-0.25, -0.2) is 0 Å². The van der Waals surface area contributed by atoms with E-state index < -0.39 is 6.10 Å². The molecule has 0 bridgehead atoms. The van der Waals surface area contributed by atoms with Crippen molar-refractivity contribution in [1.29, 1.82) is 0 Å². The lowest BCUT2D eigenvalue weighted by atomic mass is 10.0. The van der Waals surface area contributed by atoms with Gasteiger partial charge >= 0.3 is 0 Å². The fourth-order valence-electron chi connectivity index (χ4n) is 2.80. The van der Waals surface area contributed by atoms with E-state index in [-0.39, 0.29) is 12.7 Å². The Hall–Kier alpha value is -2.11. The SMILES string of the molecule is O=C(Nc1cc(Cl)cc(Cl)c1)C1CCc2cc3c(cc2O1)OCO3. The summed E-state index contributed by atoms with van der Waals surface area (Å²) >= 11 is 11.9. The maximum Gasteiger partial charge on any atom is 0.265 e. The number of carbonyl (C=O) groups excluding carboxylic acids is 1. The van der Waals surface area contributed by atoms with Crippen molar-refractivity contribution in [2.75, 3.05) is 12.1 Å². The molecule has 0 spiro atoms. The van der Waals surface area contributed by atoms with E-state index in [1.165, 1.54) is 0 Å². The van der Waals surface area contributed by atoms with E-state index in [1.807, 2.05) is 6.07 Å². The van der Waals surface area contributed by atoms with Crippen LogP contribution in [-0.2, 0) is 11.2 Å². The Morgan fingerprint density at radius 3 is 2.46 bits per heavy atom. The van der Waals surface area contributed by atoms with E-state index in [4.69, 9.17) is 37.4 Å². The average molecular weight is 366 g/mol. The summed E-state index contributed by atoms with van der Waals surface area (Å²) in [7, 11) is 0. The van der Waals surface area contributed by atoms with Crippen molar-refractivity contribution in [2.45, 2.75) is 18.9 Å². The van der Waals surface area contributed by atoms with Crippen LogP contribution in [0.25, 0.3) is 0 Å². The molecular weight excluding hydrogens is 353 g/mol. The molecule has 1 amide bonds. The Balaban J connectivity index is 1.50. The molecule has 2 aromatic carbocycles. The molecule has 24 heavy (non-hydrogen) atoms. The quantitative estimate of drug-likeness (QED) is 0.871. The van der Waals surface area contributed by atoms with Gasteiger partial charge in [-0.15, -0.1) is 0 Å². The minimum absolute atomic E-state index is 0.206. The first-order chi connectivity index (χ1) is 11.6. The third-order valence-electron chi connectivity index (χ3n) is 3.92. The lowest BCUT2D eigenvalue weighted by Crippen LogP contribution is -2.35. The molecule has 2 aliphatic rings. The van der Waals surface area contributed by atoms with Crippen molar-refractivity contribution in [3.63, 3.8) is 0 Å². The summed E-state index contributed by atoms with van der Waals surface area (Å²) in [5, 5.41) is 3.71. The number of nitrogens with one attached hydrogen (secondary N) is 1. The molecule has 7 heteroatoms. The van der Waals surface area contributed by atoms with Crippen LogP contribution < -0.4 is 19.5 Å². The number of fused-ring (bicyclic) bond motifs is 2. The highest BCUT2D eigenvalue weighted by Gasteiger charge is 2.29. The molecule has 124 valence electrons. The molecule has 2 aromatic rings. The second kappa shape index (κ2) is 6.07. The minimum Gasteiger partial charge on any atom is -0.480 e. The first kappa shape index (κ1) is 15.4. The Morgan fingerprint density at radius 1 is 1.00 bits per heavy atom. The van der Waals surface area contributed by atoms with E-state index in [1.54, 1.807) is 24.3 Å². The third kappa shape index (κ3) is 2.97. The summed E-state index contributed by atoms with van der Waals surface area (Å²) in [5.74, 6) is 1.76. The topological polar surface area (TPSA) is 56.8 Å². The normalized spacial score (nSPS) is 17.8. The molecule has 2 heterocycles. The Bertz CT molecular complexity index is 804. The van der Waals surface area contributed by atoms with Gasteiger partial charge in [0.15, 0.2) is 17.6 Å². The molecule has 4 rings (SSSR count). The number of carbonyl (C=O) groups is 1. The third-order valence-corrected chi connectivity index (χ3v) is 4.36. The lowest BCUT2D eigenvalue weighted by molar-refractivity contribution is -0.123. The molecule has 0 saturated heterocycles. The predicted molar refractivity (Wildman–Crippen MR) is 90.4 cm³/mol. The van der Waals surface area contributed by atoms with Gasteiger partial charge in [-0.3, -0.25) is 4.79 Å². The highest BCUT2D eigenvalue weighted by atomic mass is 35.5. The number of rotatable bonds is 2. The molecule has 1 unspecified atom stereocenters. The molecule has 0 saturated carbocycles. The maximum atomic E-state index is 12.5. The number of hydrogen-bond donors (Lipinski definition) is 1. The fourth-order valence-corrected chi connectivity index (χ4v) is 3.33. The van der Waals surface area contributed by atoms with Gasteiger partial charge in [-0.1, -0.05) is 23.2 Å². The van der Waals surface area contributed by atoms with E-state index in [0.717, 1.165) is 12.0 Å². The van der Waals surface area contributed by atoms with E-state index in [2.05, 4.69) is 5.32 Å². The summed E-state index contributed by atoms with van der Waals surface area (Å²) < 4.78 is 16.5. The van der Waals surface area contributed by atoms with Crippen molar-refractivity contribution in [3.05, 3.63) is 45.9 Å². The van der Waals surface area contributed by atoms with Gasteiger partial charge in [-0.2, -0.15) is 0 Å². The number of benzene rings is 2. The smallest absolute Gasteiger partial charge is 0.265 e. The lowest BCUT2D eigenvalue weighted by Gasteiger charge is -2.25. The number of anilines is 1. The number of halogens is 2. The van der Waals surface area contributed by atoms with Gasteiger partial charge in [-0.05, 0) is 42.7 Å². The van der Waals surface area contributed by atoms with Crippen LogP contribution in [0.1, 0.15) is 12.0 Å². The molecule has 1 atom stereocenters. The van der Waals surface area contributed by atoms with Crippen LogP contribution in [0.2, 0.25) is 10.0 Å². The zero-order valence-corrected chi connectivity index (χ0v) is 14.0. The summed E-state index contributed by atoms with van der Waals surface area (Å²) in [6.45, 7) is 0.206. The minimum atomic E-state index is -0.587. The van der Waals surface area contributed by atoms with Crippen LogP contribution in [0.15, 0.2) is 30.3 Å². The number of amides is 1. The van der Waals surface area contributed by atoms with Gasteiger partial charge in [0.1, 0.15) is 5.75 Å². The van der Waals surface area contributed by atoms with Gasteiger partial charge in [0, 0.05) is 21.8 Å². The monoisotopic (exact) mass is 365 g/mol. The second-order valence-electron chi connectivity index (χ2n) is 5.61. The molecular formula is C17H13Cl2NO4. The van der Waals surface area contributed by atoms with Crippen molar-refractivity contribution >= 4 is 34.8 Å². The average Bonchev–Trinajstić information content (AvgIpc) is 2.98. The first-order valence-corrected chi connectivity index (χ1v) is 8.20. The Labute approximate surface area is 148 Å². The van der Waals surface area contributed by atoms with Gasteiger partial charge in [0.05, 0.1) is 0 Å². The molecule has 2 aliphatic heterocycles. The van der Waals surface area contributed by atoms with Crippen LogP contribution in [0.5, 0.6) is 17.2 Å². The molecule has 5 nitrogen and oxygen atoms in total. The predicted octanol–water partition coefficient (Wildman–Crippen LogP) is 4.05. The summed E-state index contributed by atoms with van der Waals surface area (Å²) in [6.07, 6.45) is 0.711. The zero-order valence-electron chi connectivity index (χ0n) is 12.5. The van der Waals surface area contributed by atoms with E-state index in [9.17, 15) is 4.79 Å². The van der Waals surface area contributed by atoms with Crippen molar-refractivity contribution < 1.29 is 19.0 Å². The van der Waals surface area contributed by atoms with Crippen LogP contribution in [0, 0.1) is 0 Å². The van der Waals surface area contributed by atoms with Crippen LogP contribution in [0.4, 0.5) is 5.69 Å². The Morgan fingerprint density at radius 2 is 1.71 bits per heavy atom. The fraction of sp³-hybridized carbons (Fsp3) is 0.235. The first-order valence-electron chi connectivity index (χ1n) is 7.44. The maximum absolute atomic E-state index is 12.5.